The van der Waals surface area contributed by atoms with Gasteiger partial charge in [0.25, 0.3) is 0 Å². The second-order valence-corrected chi connectivity index (χ2v) is 11.5. The van der Waals surface area contributed by atoms with Crippen molar-refractivity contribution in [2.45, 2.75) is 18.4 Å². The van der Waals surface area contributed by atoms with E-state index in [9.17, 15) is 29.1 Å². The minimum Gasteiger partial charge on any atom is -0.480 e. The van der Waals surface area contributed by atoms with E-state index in [4.69, 9.17) is 23.7 Å². The molecule has 0 aromatic heterocycles. The smallest absolute Gasteiger partial charge is 0.411 e. The molecule has 0 aliphatic heterocycles. The van der Waals surface area contributed by atoms with Gasteiger partial charge in [0.1, 0.15) is 19.2 Å². The van der Waals surface area contributed by atoms with Crippen LogP contribution in [-0.4, -0.2) is 156 Å². The summed E-state index contributed by atoms with van der Waals surface area (Å²) in [5.41, 5.74) is 3.89. The predicted octanol–water partition coefficient (Wildman–Crippen LogP) is 1.44. The van der Waals surface area contributed by atoms with Gasteiger partial charge in [-0.1, -0.05) is 48.5 Å². The number of aliphatic carboxylic acids is 1. The number of fused-ring (bicyclic) bond motifs is 3. The summed E-state index contributed by atoms with van der Waals surface area (Å²) in [5.74, 6) is -3.71. The van der Waals surface area contributed by atoms with Crippen LogP contribution in [0.25, 0.3) is 11.1 Å². The van der Waals surface area contributed by atoms with Crippen LogP contribution in [0.1, 0.15) is 23.5 Å². The van der Waals surface area contributed by atoms with Crippen molar-refractivity contribution in [3.05, 3.63) is 59.7 Å². The van der Waals surface area contributed by atoms with Gasteiger partial charge in [-0.15, -0.1) is 0 Å². The Labute approximate surface area is 292 Å². The molecule has 0 bridgehead atoms. The molecule has 0 heterocycles. The van der Waals surface area contributed by atoms with E-state index in [1.54, 1.807) is 0 Å². The van der Waals surface area contributed by atoms with Gasteiger partial charge in [-0.05, 0) is 22.3 Å². The van der Waals surface area contributed by atoms with Gasteiger partial charge in [-0.2, -0.15) is 0 Å². The van der Waals surface area contributed by atoms with E-state index in [-0.39, 0.29) is 65.1 Å². The third kappa shape index (κ3) is 11.2. The number of ether oxygens (including phenoxy) is 5. The normalized spacial score (nSPS) is 12.4. The number of amides is 4. The SMILES string of the molecule is COCCN(CCOC)C(=O)CNC(=O)C[C@@H](C(=O)O)N(CC(=O)N(CCOC)CCOC)C(=O)OCC1c2ccccc2-c2ccccc21. The van der Waals surface area contributed by atoms with E-state index < -0.39 is 55.3 Å². The highest BCUT2D eigenvalue weighted by Gasteiger charge is 2.37. The Morgan fingerprint density at radius 1 is 0.720 bits per heavy atom. The molecular weight excluding hydrogens is 652 g/mol. The lowest BCUT2D eigenvalue weighted by Crippen LogP contribution is -2.53. The van der Waals surface area contributed by atoms with Crippen molar-refractivity contribution in [1.29, 1.82) is 0 Å². The molecule has 15 nitrogen and oxygen atoms in total. The Morgan fingerprint density at radius 2 is 1.18 bits per heavy atom. The van der Waals surface area contributed by atoms with Crippen LogP contribution in [0.2, 0.25) is 0 Å². The first-order chi connectivity index (χ1) is 24.2. The Bertz CT molecular complexity index is 1380. The molecule has 15 heteroatoms. The van der Waals surface area contributed by atoms with Gasteiger partial charge in [0.15, 0.2) is 0 Å². The maximum atomic E-state index is 13.8. The maximum absolute atomic E-state index is 13.8. The molecule has 2 aromatic rings. The van der Waals surface area contributed by atoms with Crippen LogP contribution < -0.4 is 5.32 Å². The number of nitrogens with one attached hydrogen (secondary N) is 1. The number of nitrogens with zero attached hydrogens (tertiary/aromatic N) is 3. The molecule has 0 saturated heterocycles. The third-order valence-electron chi connectivity index (χ3n) is 8.32. The summed E-state index contributed by atoms with van der Waals surface area (Å²) >= 11 is 0. The number of carboxylic acid groups (broad SMARTS) is 1. The molecule has 0 unspecified atom stereocenters. The first-order valence-electron chi connectivity index (χ1n) is 16.3. The fourth-order valence-electron chi connectivity index (χ4n) is 5.62. The van der Waals surface area contributed by atoms with Crippen LogP contribution >= 0.6 is 0 Å². The zero-order valence-corrected chi connectivity index (χ0v) is 29.1. The van der Waals surface area contributed by atoms with E-state index in [2.05, 4.69) is 5.32 Å². The summed E-state index contributed by atoms with van der Waals surface area (Å²) in [6, 6.07) is 13.7. The lowest BCUT2D eigenvalue weighted by Gasteiger charge is -2.31. The zero-order chi connectivity index (χ0) is 36.5. The van der Waals surface area contributed by atoms with Crippen molar-refractivity contribution in [2.75, 3.05) is 101 Å². The topological polar surface area (TPSA) is 173 Å². The van der Waals surface area contributed by atoms with Gasteiger partial charge in [-0.3, -0.25) is 19.3 Å². The first-order valence-corrected chi connectivity index (χ1v) is 16.3. The Balaban J connectivity index is 1.82. The predicted molar refractivity (Wildman–Crippen MR) is 181 cm³/mol. The first kappa shape index (κ1) is 39.9. The summed E-state index contributed by atoms with van der Waals surface area (Å²) in [6.07, 6.45) is -1.83. The molecule has 0 fully saturated rings. The van der Waals surface area contributed by atoms with Gasteiger partial charge in [0.05, 0.1) is 39.4 Å². The molecule has 1 atom stereocenters. The largest absolute Gasteiger partial charge is 0.480 e. The monoisotopic (exact) mass is 700 g/mol. The van der Waals surface area contributed by atoms with Crippen molar-refractivity contribution < 1.29 is 52.8 Å². The zero-order valence-electron chi connectivity index (χ0n) is 29.1. The highest BCUT2D eigenvalue weighted by atomic mass is 16.6. The molecule has 50 heavy (non-hydrogen) atoms. The molecule has 3 rings (SSSR count). The summed E-state index contributed by atoms with van der Waals surface area (Å²) < 4.78 is 26.1. The van der Waals surface area contributed by atoms with Crippen molar-refractivity contribution in [3.8, 4) is 11.1 Å². The van der Waals surface area contributed by atoms with Crippen molar-refractivity contribution in [3.63, 3.8) is 0 Å². The molecule has 0 saturated carbocycles. The Morgan fingerprint density at radius 3 is 1.64 bits per heavy atom. The van der Waals surface area contributed by atoms with Gasteiger partial charge < -0.3 is 43.9 Å². The lowest BCUT2D eigenvalue weighted by atomic mass is 9.98. The van der Waals surface area contributed by atoms with E-state index in [1.165, 1.54) is 38.2 Å². The van der Waals surface area contributed by atoms with Crippen LogP contribution in [0.5, 0.6) is 0 Å². The van der Waals surface area contributed by atoms with E-state index >= 15 is 0 Å². The van der Waals surface area contributed by atoms with E-state index in [0.717, 1.165) is 27.2 Å². The average molecular weight is 701 g/mol. The van der Waals surface area contributed by atoms with Gasteiger partial charge in [0.2, 0.25) is 17.7 Å². The summed E-state index contributed by atoms with van der Waals surface area (Å²) in [7, 11) is 5.93. The maximum Gasteiger partial charge on any atom is 0.411 e. The average Bonchev–Trinajstić information content (AvgIpc) is 3.44. The van der Waals surface area contributed by atoms with Crippen molar-refractivity contribution in [1.82, 2.24) is 20.0 Å². The van der Waals surface area contributed by atoms with Gasteiger partial charge >= 0.3 is 12.1 Å². The number of carbonyl (C=O) groups excluding carboxylic acids is 4. The van der Waals surface area contributed by atoms with Gasteiger partial charge in [0, 0.05) is 60.5 Å². The van der Waals surface area contributed by atoms with Crippen LogP contribution in [0.4, 0.5) is 4.79 Å². The summed E-state index contributed by atoms with van der Waals surface area (Å²) in [4.78, 5) is 69.5. The van der Waals surface area contributed by atoms with Crippen molar-refractivity contribution >= 4 is 29.8 Å². The number of hydrogen-bond acceptors (Lipinski definition) is 10. The molecule has 0 spiro atoms. The Kier molecular flexibility index (Phi) is 16.6. The van der Waals surface area contributed by atoms with Gasteiger partial charge in [-0.25, -0.2) is 9.59 Å². The summed E-state index contributed by atoms with van der Waals surface area (Å²) in [5, 5.41) is 12.7. The van der Waals surface area contributed by atoms with E-state index in [0.29, 0.717) is 0 Å². The quantitative estimate of drug-likeness (QED) is 0.182. The summed E-state index contributed by atoms with van der Waals surface area (Å²) in [6.45, 7) is 0.453. The molecule has 2 N–H and O–H groups in total. The minimum atomic E-state index is -1.80. The fraction of sp³-hybridized carbons (Fsp3) is 0.514. The fourth-order valence-corrected chi connectivity index (χ4v) is 5.62. The third-order valence-corrected chi connectivity index (χ3v) is 8.32. The van der Waals surface area contributed by atoms with Crippen LogP contribution in [-0.2, 0) is 42.9 Å². The number of methoxy groups -OCH3 is 4. The van der Waals surface area contributed by atoms with Crippen LogP contribution in [0.3, 0.4) is 0 Å². The lowest BCUT2D eigenvalue weighted by molar-refractivity contribution is -0.146. The highest BCUT2D eigenvalue weighted by molar-refractivity contribution is 5.91. The molecule has 0 radical (unpaired) electrons. The van der Waals surface area contributed by atoms with Crippen molar-refractivity contribution in [2.24, 2.45) is 0 Å². The van der Waals surface area contributed by atoms with Crippen LogP contribution in [0, 0.1) is 0 Å². The molecule has 1 aliphatic rings. The second-order valence-electron chi connectivity index (χ2n) is 11.5. The molecular formula is C35H48N4O11. The molecule has 4 amide bonds. The number of benzene rings is 2. The molecule has 274 valence electrons. The van der Waals surface area contributed by atoms with Crippen LogP contribution in [0.15, 0.2) is 48.5 Å². The second kappa shape index (κ2) is 20.8. The number of carbonyl (C=O) groups is 5. The molecule has 2 aromatic carbocycles. The number of rotatable bonds is 22. The standard InChI is InChI=1S/C35H48N4O11/c1-46-17-13-37(14-18-47-2)32(41)22-36-31(40)21-30(34(43)44)39(23-33(42)38(15-19-48-3)16-20-49-4)35(45)50-24-29-27-11-7-5-9-25(27)26-10-6-8-12-28(26)29/h5-12,29-30H,13-24H2,1-4H3,(H,36,40)(H,43,44)/t30-/m0/s1. The number of carboxylic acids is 1. The molecule has 1 aliphatic carbocycles. The Hall–Kier alpha value is -4.57. The van der Waals surface area contributed by atoms with E-state index in [1.807, 2.05) is 48.5 Å². The highest BCUT2D eigenvalue weighted by Crippen LogP contribution is 2.44. The number of hydrogen-bond donors (Lipinski definition) is 2. The minimum absolute atomic E-state index is 0.138.